The average Bonchev–Trinajstić information content (AvgIpc) is 2.97. The molecular formula is C13H20N2OS. The van der Waals surface area contributed by atoms with Gasteiger partial charge in [-0.2, -0.15) is 11.3 Å². The Labute approximate surface area is 107 Å². The van der Waals surface area contributed by atoms with Crippen molar-refractivity contribution < 1.29 is 4.79 Å². The zero-order valence-corrected chi connectivity index (χ0v) is 11.3. The Morgan fingerprint density at radius 3 is 3.00 bits per heavy atom. The molecule has 1 aromatic heterocycles. The SMILES string of the molecule is CC(C(=O)N1CCC(C)(CN)C1)c1ccsc1. The molecule has 0 aromatic carbocycles. The van der Waals surface area contributed by atoms with Crippen molar-refractivity contribution in [2.75, 3.05) is 19.6 Å². The predicted molar refractivity (Wildman–Crippen MR) is 71.1 cm³/mol. The number of thiophene rings is 1. The van der Waals surface area contributed by atoms with Crippen molar-refractivity contribution in [2.45, 2.75) is 26.2 Å². The van der Waals surface area contributed by atoms with E-state index < -0.39 is 0 Å². The summed E-state index contributed by atoms with van der Waals surface area (Å²) in [4.78, 5) is 14.3. The highest BCUT2D eigenvalue weighted by molar-refractivity contribution is 7.08. The van der Waals surface area contributed by atoms with Gasteiger partial charge >= 0.3 is 0 Å². The first-order valence-electron chi connectivity index (χ1n) is 6.07. The van der Waals surface area contributed by atoms with Gasteiger partial charge in [0, 0.05) is 13.1 Å². The minimum absolute atomic E-state index is 0.0265. The van der Waals surface area contributed by atoms with Crippen molar-refractivity contribution in [3.63, 3.8) is 0 Å². The summed E-state index contributed by atoms with van der Waals surface area (Å²) >= 11 is 1.64. The quantitative estimate of drug-likeness (QED) is 0.895. The molecule has 2 N–H and O–H groups in total. The van der Waals surface area contributed by atoms with Crippen LogP contribution in [0.4, 0.5) is 0 Å². The van der Waals surface area contributed by atoms with E-state index in [1.54, 1.807) is 11.3 Å². The van der Waals surface area contributed by atoms with Crippen LogP contribution in [0.15, 0.2) is 16.8 Å². The Balaban J connectivity index is 2.02. The van der Waals surface area contributed by atoms with Gasteiger partial charge in [-0.25, -0.2) is 0 Å². The summed E-state index contributed by atoms with van der Waals surface area (Å²) in [7, 11) is 0. The summed E-state index contributed by atoms with van der Waals surface area (Å²) in [6.45, 7) is 6.46. The molecule has 0 radical (unpaired) electrons. The van der Waals surface area contributed by atoms with Crippen LogP contribution in [0, 0.1) is 5.41 Å². The second-order valence-corrected chi connectivity index (χ2v) is 6.08. The van der Waals surface area contributed by atoms with E-state index in [1.807, 2.05) is 23.3 Å². The molecule has 2 unspecified atom stereocenters. The molecule has 1 amide bonds. The second kappa shape index (κ2) is 4.78. The van der Waals surface area contributed by atoms with Crippen molar-refractivity contribution in [1.82, 2.24) is 4.90 Å². The van der Waals surface area contributed by atoms with E-state index in [1.165, 1.54) is 0 Å². The maximum atomic E-state index is 12.3. The smallest absolute Gasteiger partial charge is 0.229 e. The Kier molecular flexibility index (Phi) is 3.54. The highest BCUT2D eigenvalue weighted by atomic mass is 32.1. The van der Waals surface area contributed by atoms with Gasteiger partial charge in [0.2, 0.25) is 5.91 Å². The number of nitrogens with two attached hydrogens (primary N) is 1. The summed E-state index contributed by atoms with van der Waals surface area (Å²) in [6.07, 6.45) is 1.02. The first kappa shape index (κ1) is 12.6. The van der Waals surface area contributed by atoms with Gasteiger partial charge in [-0.1, -0.05) is 6.92 Å². The molecule has 2 rings (SSSR count). The summed E-state index contributed by atoms with van der Waals surface area (Å²) in [6, 6.07) is 2.03. The van der Waals surface area contributed by atoms with Crippen LogP contribution in [0.2, 0.25) is 0 Å². The molecule has 4 heteroatoms. The molecule has 17 heavy (non-hydrogen) atoms. The topological polar surface area (TPSA) is 46.3 Å². The molecule has 1 aliphatic rings. The lowest BCUT2D eigenvalue weighted by atomic mass is 9.90. The van der Waals surface area contributed by atoms with E-state index in [0.29, 0.717) is 6.54 Å². The van der Waals surface area contributed by atoms with Gasteiger partial charge in [0.15, 0.2) is 0 Å². The molecule has 2 atom stereocenters. The van der Waals surface area contributed by atoms with Crippen molar-refractivity contribution in [3.8, 4) is 0 Å². The molecule has 1 saturated heterocycles. The van der Waals surface area contributed by atoms with E-state index in [0.717, 1.165) is 25.1 Å². The lowest BCUT2D eigenvalue weighted by Crippen LogP contribution is -2.36. The minimum atomic E-state index is -0.0265. The number of likely N-dealkylation sites (tertiary alicyclic amines) is 1. The van der Waals surface area contributed by atoms with E-state index in [9.17, 15) is 4.79 Å². The molecule has 0 aliphatic carbocycles. The van der Waals surface area contributed by atoms with Gasteiger partial charge in [0.1, 0.15) is 0 Å². The third-order valence-corrected chi connectivity index (χ3v) is 4.48. The third kappa shape index (κ3) is 2.53. The molecule has 1 fully saturated rings. The zero-order valence-electron chi connectivity index (χ0n) is 10.5. The van der Waals surface area contributed by atoms with Crippen LogP contribution in [0.25, 0.3) is 0 Å². The normalized spacial score (nSPS) is 26.2. The fraction of sp³-hybridized carbons (Fsp3) is 0.615. The maximum absolute atomic E-state index is 12.3. The zero-order chi connectivity index (χ0) is 12.5. The fourth-order valence-electron chi connectivity index (χ4n) is 2.32. The summed E-state index contributed by atoms with van der Waals surface area (Å²) in [5.41, 5.74) is 7.01. The van der Waals surface area contributed by atoms with Crippen molar-refractivity contribution in [3.05, 3.63) is 22.4 Å². The van der Waals surface area contributed by atoms with Crippen LogP contribution in [0.3, 0.4) is 0 Å². The van der Waals surface area contributed by atoms with E-state index in [-0.39, 0.29) is 17.2 Å². The standard InChI is InChI=1S/C13H20N2OS/c1-10(11-3-6-17-7-11)12(16)15-5-4-13(2,8-14)9-15/h3,6-7,10H,4-5,8-9,14H2,1-2H3. The number of nitrogens with zero attached hydrogens (tertiary/aromatic N) is 1. The Hall–Kier alpha value is -0.870. The van der Waals surface area contributed by atoms with Crippen LogP contribution in [-0.2, 0) is 4.79 Å². The van der Waals surface area contributed by atoms with Crippen molar-refractivity contribution >= 4 is 17.2 Å². The number of amides is 1. The monoisotopic (exact) mass is 252 g/mol. The van der Waals surface area contributed by atoms with Crippen molar-refractivity contribution in [1.29, 1.82) is 0 Å². The first-order valence-corrected chi connectivity index (χ1v) is 7.01. The minimum Gasteiger partial charge on any atom is -0.342 e. The van der Waals surface area contributed by atoms with Crippen LogP contribution in [-0.4, -0.2) is 30.4 Å². The lowest BCUT2D eigenvalue weighted by Gasteiger charge is -2.24. The number of carbonyl (C=O) groups is 1. The molecular weight excluding hydrogens is 232 g/mol. The molecule has 0 bridgehead atoms. The molecule has 94 valence electrons. The average molecular weight is 252 g/mol. The predicted octanol–water partition coefficient (Wildman–Crippen LogP) is 2.05. The summed E-state index contributed by atoms with van der Waals surface area (Å²) in [5.74, 6) is 0.210. The van der Waals surface area contributed by atoms with Crippen molar-refractivity contribution in [2.24, 2.45) is 11.1 Å². The lowest BCUT2D eigenvalue weighted by molar-refractivity contribution is -0.131. The Bertz CT molecular complexity index is 390. The van der Waals surface area contributed by atoms with Crippen LogP contribution < -0.4 is 5.73 Å². The molecule has 0 spiro atoms. The molecule has 0 saturated carbocycles. The molecule has 1 aromatic rings. The van der Waals surface area contributed by atoms with Crippen LogP contribution in [0.1, 0.15) is 31.7 Å². The fourth-order valence-corrected chi connectivity index (χ4v) is 3.07. The molecule has 1 aliphatic heterocycles. The van der Waals surface area contributed by atoms with E-state index in [2.05, 4.69) is 12.3 Å². The highest BCUT2D eigenvalue weighted by Crippen LogP contribution is 2.31. The molecule has 2 heterocycles. The highest BCUT2D eigenvalue weighted by Gasteiger charge is 2.36. The number of hydrogen-bond acceptors (Lipinski definition) is 3. The number of rotatable bonds is 3. The second-order valence-electron chi connectivity index (χ2n) is 5.30. The Morgan fingerprint density at radius 1 is 1.71 bits per heavy atom. The largest absolute Gasteiger partial charge is 0.342 e. The summed E-state index contributed by atoms with van der Waals surface area (Å²) in [5, 5.41) is 4.08. The summed E-state index contributed by atoms with van der Waals surface area (Å²) < 4.78 is 0. The number of hydrogen-bond donors (Lipinski definition) is 1. The van der Waals surface area contributed by atoms with Crippen LogP contribution >= 0.6 is 11.3 Å². The third-order valence-electron chi connectivity index (χ3n) is 3.78. The molecule has 3 nitrogen and oxygen atoms in total. The van der Waals surface area contributed by atoms with Gasteiger partial charge in [-0.15, -0.1) is 0 Å². The van der Waals surface area contributed by atoms with E-state index in [4.69, 9.17) is 5.73 Å². The Morgan fingerprint density at radius 2 is 2.47 bits per heavy atom. The number of carbonyl (C=O) groups excluding carboxylic acids is 1. The van der Waals surface area contributed by atoms with Gasteiger partial charge in [-0.3, -0.25) is 4.79 Å². The van der Waals surface area contributed by atoms with Gasteiger partial charge in [-0.05, 0) is 47.7 Å². The van der Waals surface area contributed by atoms with Crippen LogP contribution in [0.5, 0.6) is 0 Å². The first-order chi connectivity index (χ1) is 8.06. The van der Waals surface area contributed by atoms with E-state index >= 15 is 0 Å². The van der Waals surface area contributed by atoms with Gasteiger partial charge in [0.25, 0.3) is 0 Å². The maximum Gasteiger partial charge on any atom is 0.229 e. The van der Waals surface area contributed by atoms with Gasteiger partial charge < -0.3 is 10.6 Å². The van der Waals surface area contributed by atoms with Gasteiger partial charge in [0.05, 0.1) is 5.92 Å².